The first-order valence-corrected chi connectivity index (χ1v) is 13.2. The fraction of sp³-hybridized carbons (Fsp3) is 0.0811. The van der Waals surface area contributed by atoms with Gasteiger partial charge in [-0.25, -0.2) is 0 Å². The van der Waals surface area contributed by atoms with Gasteiger partial charge in [-0.05, 0) is 60.3 Å². The van der Waals surface area contributed by atoms with E-state index in [0.717, 1.165) is 28.1 Å². The molecule has 2 aromatic heterocycles. The van der Waals surface area contributed by atoms with E-state index in [0.29, 0.717) is 0 Å². The summed E-state index contributed by atoms with van der Waals surface area (Å²) in [5.41, 5.74) is 12.8. The molecule has 0 saturated heterocycles. The van der Waals surface area contributed by atoms with Crippen LogP contribution in [0.3, 0.4) is 0 Å². The topological polar surface area (TPSA) is 25.8 Å². The van der Waals surface area contributed by atoms with Crippen LogP contribution in [0.15, 0.2) is 134 Å². The number of pyridine rings is 2. The second-order valence-electron chi connectivity index (χ2n) is 9.59. The number of nitrogens with zero attached hydrogens (tertiary/aromatic N) is 2. The van der Waals surface area contributed by atoms with Crippen molar-refractivity contribution in [2.75, 3.05) is 0 Å². The maximum absolute atomic E-state index is 4.60. The summed E-state index contributed by atoms with van der Waals surface area (Å²) >= 11 is 0. The second-order valence-corrected chi connectivity index (χ2v) is 9.59. The van der Waals surface area contributed by atoms with E-state index in [4.69, 9.17) is 0 Å². The van der Waals surface area contributed by atoms with Crippen LogP contribution >= 0.6 is 0 Å². The van der Waals surface area contributed by atoms with E-state index < -0.39 is 0 Å². The van der Waals surface area contributed by atoms with Crippen molar-refractivity contribution in [2.24, 2.45) is 0 Å². The number of aromatic nitrogens is 2. The van der Waals surface area contributed by atoms with Gasteiger partial charge >= 0.3 is 0 Å². The summed E-state index contributed by atoms with van der Waals surface area (Å²) in [5, 5.41) is 0. The maximum atomic E-state index is 4.60. The standard InChI is InChI=1S/C19H16N.C18H15N.Ir/c1-14-8-6-7-11-17(14)18-13-20-19(12-15(18)2)16-9-4-3-5-10-16;1-14-7-5-6-10-17(14)16-11-12-18(19-13-16)15-8-3-2-4-9-15;/h3-9,11-13H,1-2H3;2-13H,1H3;/q-1;;. The Labute approximate surface area is 251 Å². The molecule has 199 valence electrons. The molecule has 0 unspecified atom stereocenters. The van der Waals surface area contributed by atoms with Crippen LogP contribution in [0.4, 0.5) is 0 Å². The molecule has 2 heterocycles. The molecule has 3 heteroatoms. The molecule has 40 heavy (non-hydrogen) atoms. The van der Waals surface area contributed by atoms with Gasteiger partial charge in [0.15, 0.2) is 0 Å². The summed E-state index contributed by atoms with van der Waals surface area (Å²) in [4.78, 5) is 9.16. The van der Waals surface area contributed by atoms with Crippen LogP contribution in [0.1, 0.15) is 16.7 Å². The number of hydrogen-bond donors (Lipinski definition) is 0. The van der Waals surface area contributed by atoms with Crippen molar-refractivity contribution in [1.29, 1.82) is 0 Å². The normalized spacial score (nSPS) is 10.2. The number of rotatable bonds is 4. The number of aryl methyl sites for hydroxylation is 3. The molecule has 0 amide bonds. The van der Waals surface area contributed by atoms with Crippen molar-refractivity contribution >= 4 is 0 Å². The summed E-state index contributed by atoms with van der Waals surface area (Å²) in [7, 11) is 0. The van der Waals surface area contributed by atoms with Crippen LogP contribution in [0, 0.1) is 26.8 Å². The van der Waals surface area contributed by atoms with E-state index in [1.807, 2.05) is 54.9 Å². The van der Waals surface area contributed by atoms with Crippen molar-refractivity contribution in [2.45, 2.75) is 20.8 Å². The summed E-state index contributed by atoms with van der Waals surface area (Å²) in [6.45, 7) is 6.39. The van der Waals surface area contributed by atoms with Crippen molar-refractivity contribution in [1.82, 2.24) is 9.97 Å². The molecule has 2 nitrogen and oxygen atoms in total. The van der Waals surface area contributed by atoms with Crippen molar-refractivity contribution < 1.29 is 20.1 Å². The van der Waals surface area contributed by atoms with Gasteiger partial charge in [0, 0.05) is 49.2 Å². The van der Waals surface area contributed by atoms with Gasteiger partial charge in [0.05, 0.1) is 5.69 Å². The molecule has 0 saturated carbocycles. The van der Waals surface area contributed by atoms with E-state index in [1.54, 1.807) is 0 Å². The number of hydrogen-bond acceptors (Lipinski definition) is 2. The largest absolute Gasteiger partial charge is 0.304 e. The van der Waals surface area contributed by atoms with Crippen molar-refractivity contribution in [3.63, 3.8) is 0 Å². The zero-order chi connectivity index (χ0) is 27.0. The molecule has 0 spiro atoms. The fourth-order valence-corrected chi connectivity index (χ4v) is 4.64. The molecule has 0 aliphatic heterocycles. The van der Waals surface area contributed by atoms with Crippen LogP contribution in [0.2, 0.25) is 0 Å². The number of benzene rings is 4. The predicted octanol–water partition coefficient (Wildman–Crippen LogP) is 9.55. The van der Waals surface area contributed by atoms with Gasteiger partial charge in [0.1, 0.15) is 0 Å². The smallest absolute Gasteiger partial charge is 0.0702 e. The Balaban J connectivity index is 0.000000181. The van der Waals surface area contributed by atoms with Gasteiger partial charge in [-0.15, -0.1) is 35.9 Å². The molecule has 4 aromatic carbocycles. The van der Waals surface area contributed by atoms with Gasteiger partial charge in [-0.2, -0.15) is 0 Å². The molecular formula is C37H31IrN2-. The molecule has 6 rings (SSSR count). The fourth-order valence-electron chi connectivity index (χ4n) is 4.64. The molecule has 0 aliphatic rings. The third-order valence-corrected chi connectivity index (χ3v) is 6.82. The second kappa shape index (κ2) is 13.8. The first-order chi connectivity index (χ1) is 19.1. The molecule has 1 radical (unpaired) electrons. The van der Waals surface area contributed by atoms with E-state index in [2.05, 4.69) is 116 Å². The van der Waals surface area contributed by atoms with E-state index >= 15 is 0 Å². The molecule has 6 aromatic rings. The van der Waals surface area contributed by atoms with Crippen LogP contribution in [0.25, 0.3) is 44.8 Å². The first kappa shape index (κ1) is 28.8. The average molecular weight is 696 g/mol. The summed E-state index contributed by atoms with van der Waals surface area (Å²) in [6.07, 6.45) is 3.92. The summed E-state index contributed by atoms with van der Waals surface area (Å²) in [6, 6.07) is 44.5. The Morgan fingerprint density at radius 3 is 1.70 bits per heavy atom. The van der Waals surface area contributed by atoms with Gasteiger partial charge < -0.3 is 4.98 Å². The Hall–Kier alpha value is -4.17. The van der Waals surface area contributed by atoms with Crippen molar-refractivity contribution in [3.05, 3.63) is 156 Å². The van der Waals surface area contributed by atoms with E-state index in [1.165, 1.54) is 33.4 Å². The zero-order valence-electron chi connectivity index (χ0n) is 22.9. The van der Waals surface area contributed by atoms with Gasteiger partial charge in [0.25, 0.3) is 0 Å². The quantitative estimate of drug-likeness (QED) is 0.172. The van der Waals surface area contributed by atoms with Crippen LogP contribution in [0.5, 0.6) is 0 Å². The monoisotopic (exact) mass is 696 g/mol. The maximum Gasteiger partial charge on any atom is 0.0702 e. The van der Waals surface area contributed by atoms with Crippen LogP contribution < -0.4 is 0 Å². The Bertz CT molecular complexity index is 1660. The molecule has 0 bridgehead atoms. The summed E-state index contributed by atoms with van der Waals surface area (Å²) < 4.78 is 0. The third kappa shape index (κ3) is 6.87. The van der Waals surface area contributed by atoms with Crippen LogP contribution in [-0.4, -0.2) is 9.97 Å². The minimum absolute atomic E-state index is 0. The summed E-state index contributed by atoms with van der Waals surface area (Å²) in [5.74, 6) is 0. The SMILES string of the molecule is Cc1ccccc1-c1ccc(-c2ccccc2)nc1.Cc1ccccc1-c1cnc(-c2[c-]cccc2)cc1C.[Ir]. The Kier molecular flexibility index (Phi) is 9.91. The molecule has 0 fully saturated rings. The van der Waals surface area contributed by atoms with Crippen molar-refractivity contribution in [3.8, 4) is 44.8 Å². The molecule has 0 N–H and O–H groups in total. The molecular weight excluding hydrogens is 665 g/mol. The molecule has 0 atom stereocenters. The first-order valence-electron chi connectivity index (χ1n) is 13.2. The van der Waals surface area contributed by atoms with Crippen LogP contribution in [-0.2, 0) is 20.1 Å². The minimum Gasteiger partial charge on any atom is -0.304 e. The predicted molar refractivity (Wildman–Crippen MR) is 163 cm³/mol. The third-order valence-electron chi connectivity index (χ3n) is 6.82. The van der Waals surface area contributed by atoms with Gasteiger partial charge in [0.2, 0.25) is 0 Å². The van der Waals surface area contributed by atoms with Gasteiger partial charge in [-0.3, -0.25) is 4.98 Å². The van der Waals surface area contributed by atoms with Gasteiger partial charge in [-0.1, -0.05) is 91.0 Å². The Morgan fingerprint density at radius 2 is 1.10 bits per heavy atom. The van der Waals surface area contributed by atoms with E-state index in [9.17, 15) is 0 Å². The average Bonchev–Trinajstić information content (AvgIpc) is 2.99. The molecule has 0 aliphatic carbocycles. The van der Waals surface area contributed by atoms with E-state index in [-0.39, 0.29) is 20.1 Å². The minimum atomic E-state index is 0. The zero-order valence-corrected chi connectivity index (χ0v) is 25.3. The Morgan fingerprint density at radius 1 is 0.475 bits per heavy atom.